The molecule has 7 heteroatoms. The average molecular weight is 173 g/mol. The predicted molar refractivity (Wildman–Crippen MR) is 27.7 cm³/mol. The molecule has 0 aliphatic heterocycles. The van der Waals surface area contributed by atoms with E-state index in [1.165, 1.54) is 0 Å². The van der Waals surface area contributed by atoms with Crippen molar-refractivity contribution in [1.82, 2.24) is 0 Å². The van der Waals surface area contributed by atoms with Crippen LogP contribution in [0.15, 0.2) is 0 Å². The number of aliphatic hydroxyl groups is 1. The zero-order valence-electron chi connectivity index (χ0n) is 5.22. The van der Waals surface area contributed by atoms with Gasteiger partial charge in [-0.25, -0.2) is 4.79 Å². The molecule has 0 spiro atoms. The summed E-state index contributed by atoms with van der Waals surface area (Å²) in [6, 6.07) is 0. The van der Waals surface area contributed by atoms with Crippen molar-refractivity contribution in [1.29, 1.82) is 0 Å². The summed E-state index contributed by atoms with van der Waals surface area (Å²) in [6.07, 6.45) is -5.24. The van der Waals surface area contributed by atoms with E-state index >= 15 is 0 Å². The van der Waals surface area contributed by atoms with Crippen LogP contribution >= 0.6 is 0 Å². The largest absolute Gasteiger partial charge is 0.479 e. The van der Waals surface area contributed by atoms with Gasteiger partial charge < -0.3 is 15.9 Å². The van der Waals surface area contributed by atoms with Crippen molar-refractivity contribution in [2.75, 3.05) is 6.54 Å². The van der Waals surface area contributed by atoms with Crippen molar-refractivity contribution < 1.29 is 28.2 Å². The molecule has 0 rings (SSSR count). The number of halogens is 3. The van der Waals surface area contributed by atoms with Crippen LogP contribution in [0.4, 0.5) is 13.2 Å². The molecule has 0 bridgehead atoms. The Bertz CT molecular complexity index is 168. The Morgan fingerprint density at radius 3 is 1.82 bits per heavy atom. The second kappa shape index (κ2) is 2.67. The number of hydrogen-bond donors (Lipinski definition) is 3. The van der Waals surface area contributed by atoms with Gasteiger partial charge in [0.05, 0.1) is 0 Å². The normalized spacial score (nSPS) is 17.5. The lowest BCUT2D eigenvalue weighted by Gasteiger charge is -2.23. The highest BCUT2D eigenvalue weighted by atomic mass is 19.4. The molecule has 0 aromatic heterocycles. The number of carboxylic acid groups (broad SMARTS) is 1. The third kappa shape index (κ3) is 1.60. The monoisotopic (exact) mass is 173 g/mol. The molecule has 0 aromatic rings. The molecule has 4 nitrogen and oxygen atoms in total. The van der Waals surface area contributed by atoms with Crippen molar-refractivity contribution in [3.8, 4) is 0 Å². The second-order valence-corrected chi connectivity index (χ2v) is 1.87. The summed E-state index contributed by atoms with van der Waals surface area (Å²) < 4.78 is 34.9. The molecule has 4 N–H and O–H groups in total. The topological polar surface area (TPSA) is 83.5 Å². The maximum Gasteiger partial charge on any atom is 0.429 e. The van der Waals surface area contributed by atoms with Crippen LogP contribution in [0.5, 0.6) is 0 Å². The van der Waals surface area contributed by atoms with Gasteiger partial charge in [0.15, 0.2) is 0 Å². The molecular formula is C4H6F3NO3. The molecule has 0 amide bonds. The highest BCUT2D eigenvalue weighted by Crippen LogP contribution is 2.29. The van der Waals surface area contributed by atoms with Crippen LogP contribution in [0.1, 0.15) is 0 Å². The first-order chi connectivity index (χ1) is 4.75. The highest BCUT2D eigenvalue weighted by molar-refractivity contribution is 5.78. The SMILES string of the molecule is NCC(O)(C(=O)O)C(F)(F)F. The Morgan fingerprint density at radius 2 is 1.82 bits per heavy atom. The Balaban J connectivity index is 4.75. The number of carboxylic acids is 1. The van der Waals surface area contributed by atoms with Gasteiger partial charge in [0, 0.05) is 6.54 Å². The van der Waals surface area contributed by atoms with Gasteiger partial charge in [-0.15, -0.1) is 0 Å². The van der Waals surface area contributed by atoms with Gasteiger partial charge in [-0.05, 0) is 0 Å². The maximum atomic E-state index is 11.6. The molecule has 1 atom stereocenters. The molecular weight excluding hydrogens is 167 g/mol. The van der Waals surface area contributed by atoms with E-state index in [2.05, 4.69) is 5.73 Å². The average Bonchev–Trinajstić information content (AvgIpc) is 1.83. The number of carbonyl (C=O) groups is 1. The molecule has 0 fully saturated rings. The van der Waals surface area contributed by atoms with Gasteiger partial charge in [-0.1, -0.05) is 0 Å². The Kier molecular flexibility index (Phi) is 2.47. The zero-order chi connectivity index (χ0) is 9.28. The van der Waals surface area contributed by atoms with Gasteiger partial charge in [0.25, 0.3) is 5.60 Å². The van der Waals surface area contributed by atoms with E-state index in [0.717, 1.165) is 0 Å². The Morgan fingerprint density at radius 1 is 1.45 bits per heavy atom. The summed E-state index contributed by atoms with van der Waals surface area (Å²) >= 11 is 0. The molecule has 11 heavy (non-hydrogen) atoms. The zero-order valence-corrected chi connectivity index (χ0v) is 5.22. The smallest absolute Gasteiger partial charge is 0.429 e. The summed E-state index contributed by atoms with van der Waals surface area (Å²) in [5, 5.41) is 16.3. The summed E-state index contributed by atoms with van der Waals surface area (Å²) in [4.78, 5) is 9.85. The first-order valence-corrected chi connectivity index (χ1v) is 2.48. The Labute approximate surface area is 59.4 Å². The van der Waals surface area contributed by atoms with E-state index < -0.39 is 24.3 Å². The van der Waals surface area contributed by atoms with Gasteiger partial charge in [-0.3, -0.25) is 0 Å². The summed E-state index contributed by atoms with van der Waals surface area (Å²) in [5.74, 6) is -2.40. The van der Waals surface area contributed by atoms with Crippen LogP contribution in [0, 0.1) is 0 Å². The molecule has 66 valence electrons. The first-order valence-electron chi connectivity index (χ1n) is 2.48. The quantitative estimate of drug-likeness (QED) is 0.516. The van der Waals surface area contributed by atoms with E-state index in [1.807, 2.05) is 0 Å². The third-order valence-corrected chi connectivity index (χ3v) is 1.12. The highest BCUT2D eigenvalue weighted by Gasteiger charge is 2.59. The van der Waals surface area contributed by atoms with Crippen molar-refractivity contribution >= 4 is 5.97 Å². The van der Waals surface area contributed by atoms with Gasteiger partial charge in [0.1, 0.15) is 0 Å². The van der Waals surface area contributed by atoms with Crippen molar-refractivity contribution in [2.24, 2.45) is 5.73 Å². The Hall–Kier alpha value is -0.820. The fourth-order valence-corrected chi connectivity index (χ4v) is 0.324. The molecule has 0 aromatic carbocycles. The molecule has 1 unspecified atom stereocenters. The maximum absolute atomic E-state index is 11.6. The number of nitrogens with two attached hydrogens (primary N) is 1. The number of hydrogen-bond acceptors (Lipinski definition) is 3. The molecule has 0 heterocycles. The van der Waals surface area contributed by atoms with Crippen LogP contribution < -0.4 is 5.73 Å². The molecule has 0 radical (unpaired) electrons. The van der Waals surface area contributed by atoms with Crippen molar-refractivity contribution in [3.05, 3.63) is 0 Å². The van der Waals surface area contributed by atoms with Crippen LogP contribution in [-0.2, 0) is 4.79 Å². The minimum atomic E-state index is -5.24. The van der Waals surface area contributed by atoms with Gasteiger partial charge in [-0.2, -0.15) is 13.2 Å². The number of alkyl halides is 3. The van der Waals surface area contributed by atoms with Gasteiger partial charge >= 0.3 is 12.1 Å². The van der Waals surface area contributed by atoms with Crippen LogP contribution in [-0.4, -0.2) is 34.5 Å². The minimum absolute atomic E-state index is 1.40. The molecule has 0 aliphatic rings. The minimum Gasteiger partial charge on any atom is -0.479 e. The summed E-state index contributed by atoms with van der Waals surface area (Å²) in [6.45, 7) is -1.40. The van der Waals surface area contributed by atoms with Crippen LogP contribution in [0.2, 0.25) is 0 Å². The van der Waals surface area contributed by atoms with Crippen LogP contribution in [0.3, 0.4) is 0 Å². The lowest BCUT2D eigenvalue weighted by molar-refractivity contribution is -0.256. The molecule has 0 aliphatic carbocycles. The molecule has 0 saturated carbocycles. The second-order valence-electron chi connectivity index (χ2n) is 1.87. The van der Waals surface area contributed by atoms with Crippen molar-refractivity contribution in [2.45, 2.75) is 11.8 Å². The first kappa shape index (κ1) is 10.2. The van der Waals surface area contributed by atoms with E-state index in [1.54, 1.807) is 0 Å². The van der Waals surface area contributed by atoms with E-state index in [-0.39, 0.29) is 0 Å². The predicted octanol–water partition coefficient (Wildman–Crippen LogP) is -0.677. The van der Waals surface area contributed by atoms with Gasteiger partial charge in [0.2, 0.25) is 0 Å². The molecule has 0 saturated heterocycles. The fraction of sp³-hybridized carbons (Fsp3) is 0.750. The fourth-order valence-electron chi connectivity index (χ4n) is 0.324. The lowest BCUT2D eigenvalue weighted by atomic mass is 10.1. The summed E-state index contributed by atoms with van der Waals surface area (Å²) in [5.41, 5.74) is 0.617. The third-order valence-electron chi connectivity index (χ3n) is 1.12. The van der Waals surface area contributed by atoms with Crippen LogP contribution in [0.25, 0.3) is 0 Å². The number of rotatable bonds is 2. The summed E-state index contributed by atoms with van der Waals surface area (Å²) in [7, 11) is 0. The van der Waals surface area contributed by atoms with E-state index in [0.29, 0.717) is 0 Å². The number of aliphatic carboxylic acids is 1. The van der Waals surface area contributed by atoms with E-state index in [9.17, 15) is 18.0 Å². The van der Waals surface area contributed by atoms with Crippen molar-refractivity contribution in [3.63, 3.8) is 0 Å². The standard InChI is InChI=1S/C4H6F3NO3/c5-4(6,7)3(11,1-8)2(9)10/h11H,1,8H2,(H,9,10). The van der Waals surface area contributed by atoms with E-state index in [4.69, 9.17) is 10.2 Å². The lowest BCUT2D eigenvalue weighted by Crippen LogP contribution is -2.57.